The van der Waals surface area contributed by atoms with Gasteiger partial charge in [-0.15, -0.1) is 0 Å². The zero-order valence-electron chi connectivity index (χ0n) is 16.8. The average Bonchev–Trinajstić information content (AvgIpc) is 2.90. The van der Waals surface area contributed by atoms with Crippen molar-refractivity contribution in [2.24, 2.45) is 11.3 Å². The molecule has 0 amide bonds. The highest BCUT2D eigenvalue weighted by molar-refractivity contribution is 5.94. The van der Waals surface area contributed by atoms with Crippen LogP contribution in [0.4, 0.5) is 0 Å². The molecule has 0 aromatic heterocycles. The molecule has 1 heterocycles. The summed E-state index contributed by atoms with van der Waals surface area (Å²) >= 11 is 0. The second-order valence-corrected chi connectivity index (χ2v) is 8.00. The molecule has 6 nitrogen and oxygen atoms in total. The number of rotatable bonds is 3. The molecule has 0 saturated heterocycles. The molecule has 1 N–H and O–H groups in total. The Hall–Kier alpha value is -1.92. The molecule has 5 atom stereocenters. The van der Waals surface area contributed by atoms with Gasteiger partial charge in [0.05, 0.1) is 11.7 Å². The van der Waals surface area contributed by atoms with E-state index in [2.05, 4.69) is 0 Å². The average molecular weight is 376 g/mol. The first kappa shape index (κ1) is 19.8. The van der Waals surface area contributed by atoms with Crippen LogP contribution in [0.3, 0.4) is 0 Å². The Kier molecular flexibility index (Phi) is 4.85. The van der Waals surface area contributed by atoms with Gasteiger partial charge < -0.3 is 19.3 Å². The standard InChI is InChI=1S/C21H28O6/c1-7-11(2)18(22)26-14-8-9-21(24)10-15-16(12(3)19(23)27-15)17(25-6)20(21,5)13(14)4/h7,10,13-14,17,24H,8-9H2,1-6H3/b11-7-/t13-,14-,17+,20-,21-/m0/s1. The fourth-order valence-electron chi connectivity index (χ4n) is 4.70. The highest BCUT2D eigenvalue weighted by Crippen LogP contribution is 2.59. The van der Waals surface area contributed by atoms with Crippen molar-refractivity contribution in [1.82, 2.24) is 0 Å². The van der Waals surface area contributed by atoms with Crippen LogP contribution in [0.15, 0.2) is 34.6 Å². The smallest absolute Gasteiger partial charge is 0.339 e. The first-order chi connectivity index (χ1) is 12.6. The van der Waals surface area contributed by atoms with Gasteiger partial charge in [-0.05, 0) is 39.7 Å². The van der Waals surface area contributed by atoms with Crippen molar-refractivity contribution < 1.29 is 28.9 Å². The van der Waals surface area contributed by atoms with Gasteiger partial charge in [-0.1, -0.05) is 19.9 Å². The molecule has 27 heavy (non-hydrogen) atoms. The lowest BCUT2D eigenvalue weighted by Gasteiger charge is -2.58. The number of hydrogen-bond donors (Lipinski definition) is 1. The summed E-state index contributed by atoms with van der Waals surface area (Å²) in [6.45, 7) is 9.12. The van der Waals surface area contributed by atoms with Gasteiger partial charge in [-0.3, -0.25) is 0 Å². The third-order valence-corrected chi connectivity index (χ3v) is 6.85. The molecular formula is C21H28O6. The van der Waals surface area contributed by atoms with Gasteiger partial charge in [0.2, 0.25) is 0 Å². The summed E-state index contributed by atoms with van der Waals surface area (Å²) in [5.41, 5.74) is -0.292. The molecule has 1 aliphatic heterocycles. The van der Waals surface area contributed by atoms with E-state index >= 15 is 0 Å². The second kappa shape index (κ2) is 6.60. The van der Waals surface area contributed by atoms with Crippen LogP contribution in [0.1, 0.15) is 47.5 Å². The fourth-order valence-corrected chi connectivity index (χ4v) is 4.70. The molecule has 2 aliphatic carbocycles. The van der Waals surface area contributed by atoms with Gasteiger partial charge in [-0.25, -0.2) is 9.59 Å². The first-order valence-electron chi connectivity index (χ1n) is 9.36. The number of hydrogen-bond acceptors (Lipinski definition) is 6. The highest BCUT2D eigenvalue weighted by atomic mass is 16.6. The monoisotopic (exact) mass is 376 g/mol. The van der Waals surface area contributed by atoms with Crippen molar-refractivity contribution in [3.8, 4) is 0 Å². The molecule has 0 unspecified atom stereocenters. The van der Waals surface area contributed by atoms with Crippen molar-refractivity contribution in [3.63, 3.8) is 0 Å². The van der Waals surface area contributed by atoms with Crippen LogP contribution in [-0.4, -0.2) is 42.0 Å². The number of fused-ring (bicyclic) bond motifs is 2. The van der Waals surface area contributed by atoms with E-state index in [0.717, 1.165) is 0 Å². The molecule has 0 aromatic carbocycles. The molecule has 0 bridgehead atoms. The van der Waals surface area contributed by atoms with Gasteiger partial charge in [0.1, 0.15) is 11.9 Å². The van der Waals surface area contributed by atoms with Crippen LogP contribution in [0.25, 0.3) is 0 Å². The lowest BCUT2D eigenvalue weighted by Crippen LogP contribution is -2.64. The van der Waals surface area contributed by atoms with Crippen LogP contribution in [0, 0.1) is 11.3 Å². The Morgan fingerprint density at radius 3 is 2.70 bits per heavy atom. The van der Waals surface area contributed by atoms with E-state index < -0.39 is 23.1 Å². The van der Waals surface area contributed by atoms with Crippen molar-refractivity contribution in [1.29, 1.82) is 0 Å². The molecule has 148 valence electrons. The Morgan fingerprint density at radius 1 is 1.44 bits per heavy atom. The summed E-state index contributed by atoms with van der Waals surface area (Å²) in [6, 6.07) is 0. The van der Waals surface area contributed by atoms with Gasteiger partial charge in [-0.2, -0.15) is 0 Å². The number of esters is 2. The minimum absolute atomic E-state index is 0.205. The van der Waals surface area contributed by atoms with E-state index in [1.165, 1.54) is 0 Å². The molecule has 1 fully saturated rings. The van der Waals surface area contributed by atoms with E-state index in [9.17, 15) is 14.7 Å². The fraction of sp³-hybridized carbons (Fsp3) is 0.619. The third kappa shape index (κ3) is 2.69. The normalized spacial score (nSPS) is 38.8. The second-order valence-electron chi connectivity index (χ2n) is 8.00. The van der Waals surface area contributed by atoms with Crippen LogP contribution < -0.4 is 0 Å². The van der Waals surface area contributed by atoms with Crippen molar-refractivity contribution >= 4 is 11.9 Å². The Labute approximate surface area is 159 Å². The molecule has 3 aliphatic rings. The molecule has 0 aromatic rings. The van der Waals surface area contributed by atoms with E-state index in [4.69, 9.17) is 14.2 Å². The summed E-state index contributed by atoms with van der Waals surface area (Å²) in [5, 5.41) is 11.5. The molecular weight excluding hydrogens is 348 g/mol. The molecule has 6 heteroatoms. The topological polar surface area (TPSA) is 82.1 Å². The molecule has 0 spiro atoms. The zero-order valence-corrected chi connectivity index (χ0v) is 16.8. The van der Waals surface area contributed by atoms with Gasteiger partial charge in [0.15, 0.2) is 0 Å². The number of ether oxygens (including phenoxy) is 3. The zero-order chi connectivity index (χ0) is 20.1. The van der Waals surface area contributed by atoms with E-state index in [1.54, 1.807) is 40.0 Å². The lowest BCUT2D eigenvalue weighted by molar-refractivity contribution is -0.201. The number of allylic oxidation sites excluding steroid dienone is 1. The van der Waals surface area contributed by atoms with Crippen LogP contribution in [0.2, 0.25) is 0 Å². The van der Waals surface area contributed by atoms with Crippen LogP contribution >= 0.6 is 0 Å². The SMILES string of the molecule is C/C=C(/C)C(=O)O[C@H]1CC[C@]2(O)C=C3OC(=O)C(C)=C3[C@@H](OC)[C@]2(C)[C@H]1C. The minimum atomic E-state index is -1.23. The Bertz CT molecular complexity index is 776. The predicted octanol–water partition coefficient (Wildman–Crippen LogP) is 2.82. The lowest BCUT2D eigenvalue weighted by atomic mass is 9.52. The highest BCUT2D eigenvalue weighted by Gasteiger charge is 2.64. The summed E-state index contributed by atoms with van der Waals surface area (Å²) in [5.74, 6) is -0.581. The maximum atomic E-state index is 12.3. The summed E-state index contributed by atoms with van der Waals surface area (Å²) in [7, 11) is 1.56. The van der Waals surface area contributed by atoms with E-state index in [0.29, 0.717) is 35.3 Å². The minimum Gasteiger partial charge on any atom is -0.459 e. The summed E-state index contributed by atoms with van der Waals surface area (Å²) in [4.78, 5) is 24.4. The van der Waals surface area contributed by atoms with Gasteiger partial charge in [0, 0.05) is 35.2 Å². The summed E-state index contributed by atoms with van der Waals surface area (Å²) < 4.78 is 16.9. The molecule has 1 saturated carbocycles. The van der Waals surface area contributed by atoms with E-state index in [-0.39, 0.29) is 18.0 Å². The van der Waals surface area contributed by atoms with Crippen LogP contribution in [-0.2, 0) is 23.8 Å². The number of methoxy groups -OCH3 is 1. The molecule has 0 radical (unpaired) electrons. The Morgan fingerprint density at radius 2 is 2.11 bits per heavy atom. The van der Waals surface area contributed by atoms with Crippen LogP contribution in [0.5, 0.6) is 0 Å². The largest absolute Gasteiger partial charge is 0.459 e. The van der Waals surface area contributed by atoms with Crippen molar-refractivity contribution in [2.75, 3.05) is 7.11 Å². The van der Waals surface area contributed by atoms with E-state index in [1.807, 2.05) is 13.8 Å². The first-order valence-corrected chi connectivity index (χ1v) is 9.36. The maximum Gasteiger partial charge on any atom is 0.339 e. The maximum absolute atomic E-state index is 12.3. The van der Waals surface area contributed by atoms with Crippen molar-refractivity contribution in [2.45, 2.75) is 65.3 Å². The number of aliphatic hydroxyl groups is 1. The third-order valence-electron chi connectivity index (χ3n) is 6.85. The number of carbonyl (C=O) groups excluding carboxylic acids is 2. The van der Waals surface area contributed by atoms with Gasteiger partial charge >= 0.3 is 11.9 Å². The summed E-state index contributed by atoms with van der Waals surface area (Å²) in [6.07, 6.45) is 3.36. The predicted molar refractivity (Wildman–Crippen MR) is 98.4 cm³/mol. The quantitative estimate of drug-likeness (QED) is 0.602. The van der Waals surface area contributed by atoms with Gasteiger partial charge in [0.25, 0.3) is 0 Å². The Balaban J connectivity index is 2.04. The molecule has 3 rings (SSSR count). The van der Waals surface area contributed by atoms with Crippen molar-refractivity contribution in [3.05, 3.63) is 34.6 Å². The number of carbonyl (C=O) groups is 2.